The summed E-state index contributed by atoms with van der Waals surface area (Å²) >= 11 is 0. The molecule has 0 fully saturated rings. The van der Waals surface area contributed by atoms with Gasteiger partial charge in [0.25, 0.3) is 0 Å². The van der Waals surface area contributed by atoms with Crippen LogP contribution in [0, 0.1) is 13.8 Å². The molecule has 0 amide bonds. The molecule has 0 aliphatic carbocycles. The zero-order valence-corrected chi connectivity index (χ0v) is 19.6. The van der Waals surface area contributed by atoms with Crippen LogP contribution in [0.15, 0.2) is 97.1 Å². The lowest BCUT2D eigenvalue weighted by atomic mass is 9.94. The van der Waals surface area contributed by atoms with Gasteiger partial charge in [0.05, 0.1) is 5.69 Å². The lowest BCUT2D eigenvalue weighted by Gasteiger charge is -2.18. The summed E-state index contributed by atoms with van der Waals surface area (Å²) in [6.07, 6.45) is 0. The molecule has 0 bridgehead atoms. The van der Waals surface area contributed by atoms with Crippen molar-refractivity contribution in [2.24, 2.45) is 0 Å². The molecule has 5 rings (SSSR count). The van der Waals surface area contributed by atoms with Crippen LogP contribution in [0.25, 0.3) is 44.3 Å². The summed E-state index contributed by atoms with van der Waals surface area (Å²) in [5, 5.41) is 2.41. The van der Waals surface area contributed by atoms with E-state index in [1.54, 1.807) is 0 Å². The summed E-state index contributed by atoms with van der Waals surface area (Å²) in [6.45, 7) is 4.34. The predicted octanol–water partition coefficient (Wildman–Crippen LogP) is 7.92. The van der Waals surface area contributed by atoms with E-state index in [1.165, 1.54) is 44.2 Å². The SMILES string of the molecule is Cc1cc2cc(-c3cc(-c4ccccc4)cc(-c4ccccc4)c3)nc(N(C)C)c2cc1C. The smallest absolute Gasteiger partial charge is 0.136 e. The minimum absolute atomic E-state index is 0.990. The number of hydrogen-bond acceptors (Lipinski definition) is 2. The summed E-state index contributed by atoms with van der Waals surface area (Å²) in [5.74, 6) is 0.997. The van der Waals surface area contributed by atoms with Gasteiger partial charge in [-0.15, -0.1) is 0 Å². The highest BCUT2D eigenvalue weighted by Gasteiger charge is 2.13. The van der Waals surface area contributed by atoms with E-state index in [4.69, 9.17) is 4.98 Å². The zero-order chi connectivity index (χ0) is 22.9. The number of aryl methyl sites for hydroxylation is 2. The van der Waals surface area contributed by atoms with Crippen molar-refractivity contribution in [1.29, 1.82) is 0 Å². The predicted molar refractivity (Wildman–Crippen MR) is 142 cm³/mol. The van der Waals surface area contributed by atoms with Crippen molar-refractivity contribution < 1.29 is 0 Å². The van der Waals surface area contributed by atoms with Crippen LogP contribution in [0.3, 0.4) is 0 Å². The number of nitrogens with zero attached hydrogens (tertiary/aromatic N) is 2. The largest absolute Gasteiger partial charge is 0.362 e. The lowest BCUT2D eigenvalue weighted by Crippen LogP contribution is -2.11. The fraction of sp³-hybridized carbons (Fsp3) is 0.129. The Labute approximate surface area is 196 Å². The monoisotopic (exact) mass is 428 g/mol. The van der Waals surface area contributed by atoms with Crippen molar-refractivity contribution in [2.75, 3.05) is 19.0 Å². The second-order valence-electron chi connectivity index (χ2n) is 8.91. The standard InChI is InChI=1S/C31H28N2/c1-21-15-27-20-30(32-31(33(3)4)29(27)16-22(21)2)28-18-25(23-11-7-5-8-12-23)17-26(19-28)24-13-9-6-10-14-24/h5-20H,1-4H3. The maximum atomic E-state index is 5.14. The van der Waals surface area contributed by atoms with Gasteiger partial charge in [-0.05, 0) is 82.9 Å². The Kier molecular flexibility index (Phi) is 5.43. The number of anilines is 1. The Morgan fingerprint density at radius 2 is 1.06 bits per heavy atom. The number of hydrogen-bond donors (Lipinski definition) is 0. The van der Waals surface area contributed by atoms with Gasteiger partial charge < -0.3 is 4.90 Å². The van der Waals surface area contributed by atoms with E-state index in [-0.39, 0.29) is 0 Å². The van der Waals surface area contributed by atoms with E-state index < -0.39 is 0 Å². The van der Waals surface area contributed by atoms with Crippen molar-refractivity contribution in [3.63, 3.8) is 0 Å². The van der Waals surface area contributed by atoms with Crippen LogP contribution in [-0.2, 0) is 0 Å². The van der Waals surface area contributed by atoms with Crippen LogP contribution in [0.4, 0.5) is 5.82 Å². The van der Waals surface area contributed by atoms with Gasteiger partial charge in [0.1, 0.15) is 5.82 Å². The molecule has 0 unspecified atom stereocenters. The highest BCUT2D eigenvalue weighted by Crippen LogP contribution is 2.35. The fourth-order valence-corrected chi connectivity index (χ4v) is 4.36. The molecular weight excluding hydrogens is 400 g/mol. The van der Waals surface area contributed by atoms with Gasteiger partial charge in [-0.2, -0.15) is 0 Å². The van der Waals surface area contributed by atoms with Crippen LogP contribution in [0.5, 0.6) is 0 Å². The van der Waals surface area contributed by atoms with Gasteiger partial charge >= 0.3 is 0 Å². The van der Waals surface area contributed by atoms with Crippen molar-refractivity contribution in [3.8, 4) is 33.5 Å². The number of rotatable bonds is 4. The second-order valence-corrected chi connectivity index (χ2v) is 8.91. The first-order valence-corrected chi connectivity index (χ1v) is 11.4. The normalized spacial score (nSPS) is 11.0. The summed E-state index contributed by atoms with van der Waals surface area (Å²) < 4.78 is 0. The van der Waals surface area contributed by atoms with Gasteiger partial charge in [0, 0.05) is 25.0 Å². The molecule has 0 saturated carbocycles. The fourth-order valence-electron chi connectivity index (χ4n) is 4.36. The van der Waals surface area contributed by atoms with Crippen LogP contribution in [-0.4, -0.2) is 19.1 Å². The highest BCUT2D eigenvalue weighted by atomic mass is 15.1. The summed E-state index contributed by atoms with van der Waals surface area (Å²) in [7, 11) is 4.13. The van der Waals surface area contributed by atoms with Crippen molar-refractivity contribution in [1.82, 2.24) is 4.98 Å². The van der Waals surface area contributed by atoms with Crippen LogP contribution in [0.1, 0.15) is 11.1 Å². The van der Waals surface area contributed by atoms with Gasteiger partial charge in [-0.1, -0.05) is 66.7 Å². The molecule has 2 heteroatoms. The third-order valence-electron chi connectivity index (χ3n) is 6.29. The third kappa shape index (κ3) is 4.12. The molecular formula is C31H28N2. The lowest BCUT2D eigenvalue weighted by molar-refractivity contribution is 1.08. The quantitative estimate of drug-likeness (QED) is 0.289. The van der Waals surface area contributed by atoms with E-state index >= 15 is 0 Å². The molecule has 0 radical (unpaired) electrons. The maximum absolute atomic E-state index is 5.14. The molecule has 0 atom stereocenters. The molecule has 0 N–H and O–H groups in total. The molecule has 0 aliphatic heterocycles. The Morgan fingerprint density at radius 1 is 0.545 bits per heavy atom. The molecule has 1 heterocycles. The van der Waals surface area contributed by atoms with Crippen LogP contribution in [0.2, 0.25) is 0 Å². The van der Waals surface area contributed by atoms with E-state index in [0.717, 1.165) is 17.1 Å². The Hall–Kier alpha value is -3.91. The molecule has 4 aromatic carbocycles. The molecule has 1 aromatic heterocycles. The average molecular weight is 429 g/mol. The number of pyridine rings is 1. The first-order chi connectivity index (χ1) is 16.0. The Morgan fingerprint density at radius 3 is 1.61 bits per heavy atom. The maximum Gasteiger partial charge on any atom is 0.136 e. The first kappa shape index (κ1) is 21.0. The minimum Gasteiger partial charge on any atom is -0.362 e. The van der Waals surface area contributed by atoms with E-state index in [2.05, 4.69) is 130 Å². The first-order valence-electron chi connectivity index (χ1n) is 11.4. The Balaban J connectivity index is 1.77. The van der Waals surface area contributed by atoms with Crippen molar-refractivity contribution in [3.05, 3.63) is 108 Å². The minimum atomic E-state index is 0.990. The highest BCUT2D eigenvalue weighted by molar-refractivity contribution is 5.96. The van der Waals surface area contributed by atoms with Gasteiger partial charge in [-0.3, -0.25) is 0 Å². The summed E-state index contributed by atoms with van der Waals surface area (Å²) in [5.41, 5.74) is 9.50. The molecule has 0 spiro atoms. The van der Waals surface area contributed by atoms with Crippen LogP contribution >= 0.6 is 0 Å². The third-order valence-corrected chi connectivity index (χ3v) is 6.29. The molecule has 0 aliphatic rings. The van der Waals surface area contributed by atoms with Gasteiger partial charge in [0.2, 0.25) is 0 Å². The zero-order valence-electron chi connectivity index (χ0n) is 19.6. The van der Waals surface area contributed by atoms with E-state index in [0.29, 0.717) is 0 Å². The molecule has 33 heavy (non-hydrogen) atoms. The Bertz CT molecular complexity index is 1380. The second kappa shape index (κ2) is 8.55. The summed E-state index contributed by atoms with van der Waals surface area (Å²) in [6, 6.07) is 34.7. The van der Waals surface area contributed by atoms with E-state index in [1.807, 2.05) is 0 Å². The summed E-state index contributed by atoms with van der Waals surface area (Å²) in [4.78, 5) is 7.25. The average Bonchev–Trinajstić information content (AvgIpc) is 2.85. The van der Waals surface area contributed by atoms with Gasteiger partial charge in [-0.25, -0.2) is 4.98 Å². The molecule has 2 nitrogen and oxygen atoms in total. The molecule has 0 saturated heterocycles. The number of aromatic nitrogens is 1. The van der Waals surface area contributed by atoms with Crippen molar-refractivity contribution in [2.45, 2.75) is 13.8 Å². The molecule has 5 aromatic rings. The topological polar surface area (TPSA) is 16.1 Å². The van der Waals surface area contributed by atoms with Crippen molar-refractivity contribution >= 4 is 16.6 Å². The van der Waals surface area contributed by atoms with Gasteiger partial charge in [0.15, 0.2) is 0 Å². The van der Waals surface area contributed by atoms with Crippen LogP contribution < -0.4 is 4.90 Å². The van der Waals surface area contributed by atoms with E-state index in [9.17, 15) is 0 Å². The molecule has 162 valence electrons. The number of benzene rings is 4. The number of fused-ring (bicyclic) bond motifs is 1.